The molecule has 138 valence electrons. The van der Waals surface area contributed by atoms with Gasteiger partial charge in [-0.15, -0.1) is 0 Å². The van der Waals surface area contributed by atoms with E-state index in [-0.39, 0.29) is 17.4 Å². The van der Waals surface area contributed by atoms with Gasteiger partial charge in [-0.05, 0) is 36.8 Å². The summed E-state index contributed by atoms with van der Waals surface area (Å²) in [7, 11) is 0. The molecule has 3 aromatic rings. The Morgan fingerprint density at radius 3 is 2.48 bits per heavy atom. The predicted octanol–water partition coefficient (Wildman–Crippen LogP) is 4.48. The Morgan fingerprint density at radius 1 is 1.00 bits per heavy atom. The van der Waals surface area contributed by atoms with Crippen LogP contribution in [0.2, 0.25) is 0 Å². The first-order valence-electron chi connectivity index (χ1n) is 8.14. The van der Waals surface area contributed by atoms with E-state index in [1.54, 1.807) is 0 Å². The highest BCUT2D eigenvalue weighted by atomic mass is 19.2. The summed E-state index contributed by atoms with van der Waals surface area (Å²) in [6.45, 7) is 2.33. The van der Waals surface area contributed by atoms with Crippen LogP contribution in [0.3, 0.4) is 0 Å². The Bertz CT molecular complexity index is 975. The minimum absolute atomic E-state index is 0.128. The van der Waals surface area contributed by atoms with Crippen LogP contribution in [0.15, 0.2) is 54.7 Å². The standard InChI is InChI=1S/C20H16F3N3O/c1-12-2-4-13(5-3-12)11-25-20(27)14-8-9-24-17(10-14)26-16-7-6-15(21)18(22)19(16)23/h2-10H,11H2,1H3,(H,24,26)(H,25,27). The zero-order valence-corrected chi connectivity index (χ0v) is 14.4. The molecule has 0 saturated heterocycles. The molecule has 2 N–H and O–H groups in total. The summed E-state index contributed by atoms with van der Waals surface area (Å²) in [6.07, 6.45) is 1.36. The van der Waals surface area contributed by atoms with Gasteiger partial charge in [-0.1, -0.05) is 29.8 Å². The summed E-state index contributed by atoms with van der Waals surface area (Å²) in [5, 5.41) is 5.32. The molecule has 4 nitrogen and oxygen atoms in total. The van der Waals surface area contributed by atoms with Crippen molar-refractivity contribution in [3.05, 3.63) is 88.9 Å². The quantitative estimate of drug-likeness (QED) is 0.650. The number of nitrogens with one attached hydrogen (secondary N) is 2. The van der Waals surface area contributed by atoms with Crippen molar-refractivity contribution in [1.82, 2.24) is 10.3 Å². The average Bonchev–Trinajstić information content (AvgIpc) is 2.68. The van der Waals surface area contributed by atoms with E-state index in [9.17, 15) is 18.0 Å². The lowest BCUT2D eigenvalue weighted by Gasteiger charge is -2.10. The van der Waals surface area contributed by atoms with Crippen LogP contribution in [0, 0.1) is 24.4 Å². The molecule has 0 saturated carbocycles. The van der Waals surface area contributed by atoms with Crippen molar-refractivity contribution in [3.8, 4) is 0 Å². The van der Waals surface area contributed by atoms with Crippen molar-refractivity contribution in [2.24, 2.45) is 0 Å². The van der Waals surface area contributed by atoms with Gasteiger partial charge in [-0.2, -0.15) is 0 Å². The van der Waals surface area contributed by atoms with Gasteiger partial charge in [0, 0.05) is 18.3 Å². The molecular formula is C20H16F3N3O. The Labute approximate surface area is 154 Å². The molecule has 0 aliphatic carbocycles. The maximum Gasteiger partial charge on any atom is 0.251 e. The SMILES string of the molecule is Cc1ccc(CNC(=O)c2ccnc(Nc3ccc(F)c(F)c3F)c2)cc1. The minimum atomic E-state index is -1.58. The number of aryl methyl sites for hydroxylation is 1. The first kappa shape index (κ1) is 18.4. The normalized spacial score (nSPS) is 10.5. The number of halogens is 3. The second-order valence-corrected chi connectivity index (χ2v) is 5.95. The number of carbonyl (C=O) groups is 1. The van der Waals surface area contributed by atoms with Gasteiger partial charge in [0.25, 0.3) is 5.91 Å². The van der Waals surface area contributed by atoms with Crippen LogP contribution < -0.4 is 10.6 Å². The fourth-order valence-corrected chi connectivity index (χ4v) is 2.39. The van der Waals surface area contributed by atoms with Crippen LogP contribution in [-0.2, 0) is 6.54 Å². The van der Waals surface area contributed by atoms with Gasteiger partial charge in [0.2, 0.25) is 0 Å². The fraction of sp³-hybridized carbons (Fsp3) is 0.100. The largest absolute Gasteiger partial charge is 0.348 e. The third-order valence-corrected chi connectivity index (χ3v) is 3.89. The monoisotopic (exact) mass is 371 g/mol. The topological polar surface area (TPSA) is 54.0 Å². The minimum Gasteiger partial charge on any atom is -0.348 e. The van der Waals surface area contributed by atoms with Gasteiger partial charge in [0.15, 0.2) is 17.5 Å². The third kappa shape index (κ3) is 4.44. The summed E-state index contributed by atoms with van der Waals surface area (Å²) >= 11 is 0. The lowest BCUT2D eigenvalue weighted by molar-refractivity contribution is 0.0951. The van der Waals surface area contributed by atoms with Gasteiger partial charge in [0.1, 0.15) is 5.82 Å². The third-order valence-electron chi connectivity index (χ3n) is 3.89. The van der Waals surface area contributed by atoms with Crippen molar-refractivity contribution >= 4 is 17.4 Å². The van der Waals surface area contributed by atoms with Crippen molar-refractivity contribution in [2.75, 3.05) is 5.32 Å². The van der Waals surface area contributed by atoms with Crippen LogP contribution in [0.25, 0.3) is 0 Å². The van der Waals surface area contributed by atoms with E-state index < -0.39 is 17.5 Å². The average molecular weight is 371 g/mol. The Kier molecular flexibility index (Phi) is 5.40. The first-order chi connectivity index (χ1) is 12.9. The Balaban J connectivity index is 1.70. The summed E-state index contributed by atoms with van der Waals surface area (Å²) in [4.78, 5) is 16.3. The molecular weight excluding hydrogens is 355 g/mol. The second-order valence-electron chi connectivity index (χ2n) is 5.95. The molecule has 2 aromatic carbocycles. The summed E-state index contributed by atoms with van der Waals surface area (Å²) < 4.78 is 40.1. The summed E-state index contributed by atoms with van der Waals surface area (Å²) in [6, 6.07) is 12.5. The molecule has 1 amide bonds. The van der Waals surface area contributed by atoms with Crippen molar-refractivity contribution in [2.45, 2.75) is 13.5 Å². The maximum atomic E-state index is 13.8. The maximum absolute atomic E-state index is 13.8. The fourth-order valence-electron chi connectivity index (χ4n) is 2.39. The molecule has 7 heteroatoms. The van der Waals surface area contributed by atoms with Crippen molar-refractivity contribution < 1.29 is 18.0 Å². The first-order valence-corrected chi connectivity index (χ1v) is 8.14. The second kappa shape index (κ2) is 7.90. The van der Waals surface area contributed by atoms with E-state index in [2.05, 4.69) is 15.6 Å². The number of nitrogens with zero attached hydrogens (tertiary/aromatic N) is 1. The van der Waals surface area contributed by atoms with Gasteiger partial charge in [0.05, 0.1) is 5.69 Å². The highest BCUT2D eigenvalue weighted by molar-refractivity contribution is 5.94. The summed E-state index contributed by atoms with van der Waals surface area (Å²) in [5.41, 5.74) is 2.09. The van der Waals surface area contributed by atoms with Gasteiger partial charge < -0.3 is 10.6 Å². The van der Waals surface area contributed by atoms with Crippen molar-refractivity contribution in [3.63, 3.8) is 0 Å². The molecule has 0 atom stereocenters. The van der Waals surface area contributed by atoms with Crippen molar-refractivity contribution in [1.29, 1.82) is 0 Å². The molecule has 0 fully saturated rings. The van der Waals surface area contributed by atoms with Crippen LogP contribution >= 0.6 is 0 Å². The molecule has 3 rings (SSSR count). The molecule has 27 heavy (non-hydrogen) atoms. The highest BCUT2D eigenvalue weighted by Crippen LogP contribution is 2.23. The zero-order valence-electron chi connectivity index (χ0n) is 14.4. The number of rotatable bonds is 5. The number of carbonyl (C=O) groups excluding carboxylic acids is 1. The molecule has 1 aromatic heterocycles. The molecule has 0 aliphatic rings. The smallest absolute Gasteiger partial charge is 0.251 e. The number of hydrogen-bond acceptors (Lipinski definition) is 3. The van der Waals surface area contributed by atoms with Crippen LogP contribution in [0.5, 0.6) is 0 Å². The van der Waals surface area contributed by atoms with E-state index >= 15 is 0 Å². The number of hydrogen-bond donors (Lipinski definition) is 2. The van der Waals surface area contributed by atoms with E-state index in [1.165, 1.54) is 18.3 Å². The predicted molar refractivity (Wildman–Crippen MR) is 96.2 cm³/mol. The summed E-state index contributed by atoms with van der Waals surface area (Å²) in [5.74, 6) is -4.43. The van der Waals surface area contributed by atoms with Crippen LogP contribution in [0.4, 0.5) is 24.7 Å². The molecule has 0 unspecified atom stereocenters. The van der Waals surface area contributed by atoms with Gasteiger partial charge >= 0.3 is 0 Å². The zero-order chi connectivity index (χ0) is 19.4. The van der Waals surface area contributed by atoms with Gasteiger partial charge in [-0.3, -0.25) is 4.79 Å². The number of pyridine rings is 1. The van der Waals surface area contributed by atoms with Crippen LogP contribution in [-0.4, -0.2) is 10.9 Å². The highest BCUT2D eigenvalue weighted by Gasteiger charge is 2.14. The number of aromatic nitrogens is 1. The van der Waals surface area contributed by atoms with Crippen LogP contribution in [0.1, 0.15) is 21.5 Å². The Morgan fingerprint density at radius 2 is 1.74 bits per heavy atom. The van der Waals surface area contributed by atoms with Gasteiger partial charge in [-0.25, -0.2) is 18.2 Å². The number of anilines is 2. The van der Waals surface area contributed by atoms with E-state index in [1.807, 2.05) is 31.2 Å². The lowest BCUT2D eigenvalue weighted by Crippen LogP contribution is -2.22. The Hall–Kier alpha value is -3.35. The lowest BCUT2D eigenvalue weighted by atomic mass is 10.1. The molecule has 0 radical (unpaired) electrons. The van der Waals surface area contributed by atoms with E-state index in [0.717, 1.165) is 23.3 Å². The van der Waals surface area contributed by atoms with E-state index in [4.69, 9.17) is 0 Å². The molecule has 1 heterocycles. The molecule has 0 spiro atoms. The number of benzene rings is 2. The number of amides is 1. The van der Waals surface area contributed by atoms with E-state index in [0.29, 0.717) is 12.1 Å². The molecule has 0 bridgehead atoms. The molecule has 0 aliphatic heterocycles.